The molecule has 0 spiro atoms. The lowest BCUT2D eigenvalue weighted by Gasteiger charge is -2.30. The van der Waals surface area contributed by atoms with E-state index in [0.717, 1.165) is 25.9 Å². The van der Waals surface area contributed by atoms with Crippen LogP contribution in [0.5, 0.6) is 0 Å². The van der Waals surface area contributed by atoms with Crippen LogP contribution in [0.2, 0.25) is 0 Å². The van der Waals surface area contributed by atoms with Crippen LogP contribution in [0.15, 0.2) is 0 Å². The van der Waals surface area contributed by atoms with E-state index in [9.17, 15) is 14.3 Å². The topological polar surface area (TPSA) is 116 Å². The molecule has 3 atom stereocenters. The summed E-state index contributed by atoms with van der Waals surface area (Å²) in [6, 6.07) is 0. The van der Waals surface area contributed by atoms with Crippen molar-refractivity contribution in [1.82, 2.24) is 9.80 Å². The molecule has 0 saturated carbocycles. The van der Waals surface area contributed by atoms with Crippen LogP contribution < -0.4 is 0 Å². The number of phosphoric ester groups is 1. The zero-order chi connectivity index (χ0) is 32.4. The number of unbranched alkanes of at least 4 members (excludes halogenated alkanes) is 15. The summed E-state index contributed by atoms with van der Waals surface area (Å²) in [5.74, 6) is 0. The molecule has 0 aromatic carbocycles. The summed E-state index contributed by atoms with van der Waals surface area (Å²) in [6.07, 6.45) is 20.0. The second kappa shape index (κ2) is 26.2. The minimum atomic E-state index is -4.33. The molecule has 45 heavy (non-hydrogen) atoms. The number of nitrogens with zero attached hydrogens (tertiary/aromatic N) is 2. The monoisotopic (exact) mass is 664 g/mol. The maximum Gasteiger partial charge on any atom is 0.472 e. The first kappa shape index (κ1) is 40.4. The van der Waals surface area contributed by atoms with Gasteiger partial charge in [-0.1, -0.05) is 103 Å². The predicted octanol–water partition coefficient (Wildman–Crippen LogP) is 6.96. The highest BCUT2D eigenvalue weighted by molar-refractivity contribution is 7.47. The molecule has 2 heterocycles. The van der Waals surface area contributed by atoms with Gasteiger partial charge < -0.3 is 33.6 Å². The lowest BCUT2D eigenvalue weighted by atomic mass is 10.0. The molecular weight excluding hydrogens is 599 g/mol. The molecule has 12 heteroatoms. The Morgan fingerprint density at radius 2 is 1.38 bits per heavy atom. The van der Waals surface area contributed by atoms with Crippen molar-refractivity contribution >= 4 is 13.9 Å². The third-order valence-electron chi connectivity index (χ3n) is 8.44. The number of ether oxygens (including phenoxy) is 4. The summed E-state index contributed by atoms with van der Waals surface area (Å²) in [7, 11) is -2.32. The molecule has 2 fully saturated rings. The van der Waals surface area contributed by atoms with E-state index in [0.29, 0.717) is 45.9 Å². The fourth-order valence-corrected chi connectivity index (χ4v) is 6.37. The summed E-state index contributed by atoms with van der Waals surface area (Å²) in [5, 5.41) is 0. The van der Waals surface area contributed by atoms with Gasteiger partial charge in [-0.15, -0.1) is 0 Å². The smallest absolute Gasteiger partial charge is 0.441 e. The molecular formula is C33H65N2O9P. The Kier molecular flexibility index (Phi) is 23.5. The first-order valence-corrected chi connectivity index (χ1v) is 19.4. The van der Waals surface area contributed by atoms with Crippen molar-refractivity contribution < 1.29 is 42.2 Å². The van der Waals surface area contributed by atoms with Gasteiger partial charge in [-0.05, 0) is 19.9 Å². The summed E-state index contributed by atoms with van der Waals surface area (Å²) in [6.45, 7) is 6.63. The summed E-state index contributed by atoms with van der Waals surface area (Å²) >= 11 is 0. The number of carbonyl (C=O) groups excluding carboxylic acids is 1. The van der Waals surface area contributed by atoms with Crippen molar-refractivity contribution in [2.45, 2.75) is 128 Å². The van der Waals surface area contributed by atoms with Gasteiger partial charge in [-0.2, -0.15) is 0 Å². The fraction of sp³-hybridized carbons (Fsp3) is 0.970. The quantitative estimate of drug-likeness (QED) is 0.0730. The number of phosphoric acid groups is 1. The molecule has 266 valence electrons. The maximum atomic E-state index is 12.7. The zero-order valence-corrected chi connectivity index (χ0v) is 29.4. The van der Waals surface area contributed by atoms with Crippen molar-refractivity contribution in [2.75, 3.05) is 79.5 Å². The Labute approximate surface area is 273 Å². The first-order valence-electron chi connectivity index (χ1n) is 17.9. The Hall–Kier alpha value is -0.780. The van der Waals surface area contributed by atoms with Gasteiger partial charge in [0, 0.05) is 32.8 Å². The average Bonchev–Trinajstić information content (AvgIpc) is 3.03. The van der Waals surface area contributed by atoms with Crippen LogP contribution in [0, 0.1) is 0 Å². The van der Waals surface area contributed by atoms with Gasteiger partial charge in [0.25, 0.3) is 0 Å². The molecule has 2 saturated heterocycles. The molecule has 0 aromatic heterocycles. The van der Waals surface area contributed by atoms with Gasteiger partial charge in [0.1, 0.15) is 0 Å². The van der Waals surface area contributed by atoms with E-state index in [4.69, 9.17) is 28.0 Å². The van der Waals surface area contributed by atoms with E-state index >= 15 is 0 Å². The molecule has 3 unspecified atom stereocenters. The highest BCUT2D eigenvalue weighted by Gasteiger charge is 2.28. The van der Waals surface area contributed by atoms with Gasteiger partial charge in [0.05, 0.1) is 45.7 Å². The van der Waals surface area contributed by atoms with Crippen LogP contribution in [-0.4, -0.2) is 112 Å². The SMILES string of the molecule is CCCCCCCCCCCCCCCCCCOCC(COP(=O)(O)OCCC1CN(C)CCO1)OC(=O)N1CCOCC1. The number of hydrogen-bond donors (Lipinski definition) is 1. The molecule has 2 aliphatic heterocycles. The molecule has 1 N–H and O–H groups in total. The minimum Gasteiger partial charge on any atom is -0.441 e. The van der Waals surface area contributed by atoms with Crippen molar-refractivity contribution in [2.24, 2.45) is 0 Å². The van der Waals surface area contributed by atoms with E-state index in [1.54, 1.807) is 4.90 Å². The molecule has 0 bridgehead atoms. The van der Waals surface area contributed by atoms with Crippen molar-refractivity contribution in [3.63, 3.8) is 0 Å². The zero-order valence-electron chi connectivity index (χ0n) is 28.5. The molecule has 0 radical (unpaired) electrons. The van der Waals surface area contributed by atoms with Crippen molar-refractivity contribution in [3.05, 3.63) is 0 Å². The number of amides is 1. The molecule has 2 rings (SSSR count). The Morgan fingerprint density at radius 3 is 1.96 bits per heavy atom. The maximum absolute atomic E-state index is 12.7. The van der Waals surface area contributed by atoms with Crippen LogP contribution >= 0.6 is 7.82 Å². The Balaban J connectivity index is 1.55. The highest BCUT2D eigenvalue weighted by atomic mass is 31.2. The summed E-state index contributed by atoms with van der Waals surface area (Å²) in [5.41, 5.74) is 0. The van der Waals surface area contributed by atoms with Gasteiger partial charge in [-0.3, -0.25) is 9.05 Å². The fourth-order valence-electron chi connectivity index (χ4n) is 5.60. The van der Waals surface area contributed by atoms with E-state index < -0.39 is 20.0 Å². The van der Waals surface area contributed by atoms with E-state index in [1.807, 2.05) is 7.05 Å². The number of hydrogen-bond acceptors (Lipinski definition) is 9. The van der Waals surface area contributed by atoms with Gasteiger partial charge in [0.15, 0.2) is 6.10 Å². The lowest BCUT2D eigenvalue weighted by molar-refractivity contribution is -0.0375. The average molecular weight is 665 g/mol. The van der Waals surface area contributed by atoms with Gasteiger partial charge >= 0.3 is 13.9 Å². The Morgan fingerprint density at radius 1 is 0.800 bits per heavy atom. The normalized spacial score (nSPS) is 19.8. The van der Waals surface area contributed by atoms with Crippen LogP contribution in [0.1, 0.15) is 116 Å². The van der Waals surface area contributed by atoms with Crippen molar-refractivity contribution in [3.8, 4) is 0 Å². The second-order valence-electron chi connectivity index (χ2n) is 12.6. The summed E-state index contributed by atoms with van der Waals surface area (Å²) in [4.78, 5) is 26.6. The van der Waals surface area contributed by atoms with E-state index in [1.165, 1.54) is 89.9 Å². The van der Waals surface area contributed by atoms with E-state index in [-0.39, 0.29) is 25.9 Å². The number of rotatable bonds is 27. The highest BCUT2D eigenvalue weighted by Crippen LogP contribution is 2.43. The molecule has 0 aromatic rings. The van der Waals surface area contributed by atoms with Crippen LogP contribution in [0.25, 0.3) is 0 Å². The third-order valence-corrected chi connectivity index (χ3v) is 9.43. The van der Waals surface area contributed by atoms with Gasteiger partial charge in [0.2, 0.25) is 0 Å². The van der Waals surface area contributed by atoms with E-state index in [2.05, 4.69) is 11.8 Å². The van der Waals surface area contributed by atoms with Crippen molar-refractivity contribution in [1.29, 1.82) is 0 Å². The minimum absolute atomic E-state index is 0.0280. The number of morpholine rings is 2. The molecule has 1 amide bonds. The van der Waals surface area contributed by atoms with Crippen LogP contribution in [0.3, 0.4) is 0 Å². The molecule has 11 nitrogen and oxygen atoms in total. The van der Waals surface area contributed by atoms with Crippen LogP contribution in [-0.2, 0) is 32.6 Å². The lowest BCUT2D eigenvalue weighted by Crippen LogP contribution is -2.43. The Bertz CT molecular complexity index is 772. The molecule has 2 aliphatic rings. The predicted molar refractivity (Wildman–Crippen MR) is 177 cm³/mol. The number of likely N-dealkylation sites (N-methyl/N-ethyl adjacent to an activating group) is 1. The van der Waals surface area contributed by atoms with Crippen LogP contribution in [0.4, 0.5) is 4.79 Å². The second-order valence-corrected chi connectivity index (χ2v) is 14.1. The summed E-state index contributed by atoms with van der Waals surface area (Å²) < 4.78 is 45.3. The molecule has 0 aliphatic carbocycles. The number of carbonyl (C=O) groups is 1. The van der Waals surface area contributed by atoms with Gasteiger partial charge in [-0.25, -0.2) is 9.36 Å². The first-order chi connectivity index (χ1) is 21.9. The standard InChI is InChI=1S/C33H65N2O9P/c1-3-4-5-6-7-8-9-10-11-12-13-14-15-16-17-18-23-40-29-32(44-33(36)35-21-25-39-26-22-35)30-43-45(37,38)42-24-19-31-28-34(2)20-27-41-31/h31-32H,3-30H2,1-2H3,(H,37,38). The third kappa shape index (κ3) is 21.7. The largest absolute Gasteiger partial charge is 0.472 e.